The first-order chi connectivity index (χ1) is 13.9. The first-order valence-electron chi connectivity index (χ1n) is 9.43. The van der Waals surface area contributed by atoms with E-state index >= 15 is 0 Å². The Kier molecular flexibility index (Phi) is 5.21. The number of fused-ring (bicyclic) bond motifs is 1. The van der Waals surface area contributed by atoms with Gasteiger partial charge >= 0.3 is 0 Å². The molecule has 7 nitrogen and oxygen atoms in total. The van der Waals surface area contributed by atoms with Crippen molar-refractivity contribution in [2.45, 2.75) is 37.2 Å². The highest BCUT2D eigenvalue weighted by molar-refractivity contribution is 7.89. The molecular weight excluding hydrogens is 388 g/mol. The van der Waals surface area contributed by atoms with E-state index in [0.717, 1.165) is 35.4 Å². The number of hydrogen-bond donors (Lipinski definition) is 2. The van der Waals surface area contributed by atoms with Crippen LogP contribution in [-0.2, 0) is 21.4 Å². The Morgan fingerprint density at radius 2 is 1.97 bits per heavy atom. The van der Waals surface area contributed by atoms with Gasteiger partial charge in [-0.3, -0.25) is 4.79 Å². The Balaban J connectivity index is 1.34. The lowest BCUT2D eigenvalue weighted by atomic mass is 10.2. The molecule has 2 N–H and O–H groups in total. The maximum absolute atomic E-state index is 12.2. The average molecular weight is 410 g/mol. The number of carbonyl (C=O) groups excluding carboxylic acids is 1. The third-order valence-corrected chi connectivity index (χ3v) is 6.24. The van der Waals surface area contributed by atoms with Gasteiger partial charge in [0.1, 0.15) is 5.65 Å². The van der Waals surface area contributed by atoms with Crippen molar-refractivity contribution < 1.29 is 13.2 Å². The van der Waals surface area contributed by atoms with Crippen LogP contribution in [0, 0.1) is 6.92 Å². The van der Waals surface area contributed by atoms with Crippen LogP contribution < -0.4 is 10.0 Å². The van der Waals surface area contributed by atoms with Gasteiger partial charge < -0.3 is 9.72 Å². The van der Waals surface area contributed by atoms with Gasteiger partial charge in [-0.1, -0.05) is 18.2 Å². The molecule has 2 heterocycles. The van der Waals surface area contributed by atoms with E-state index in [2.05, 4.69) is 15.0 Å². The quantitative estimate of drug-likeness (QED) is 0.585. The smallest absolute Gasteiger partial charge is 0.244 e. The molecule has 29 heavy (non-hydrogen) atoms. The predicted molar refractivity (Wildman–Crippen MR) is 111 cm³/mol. The SMILES string of the molecule is Cc1cccc2nc(CNC(=O)/C=C/c3ccc(S(=O)(=O)NC4CC4)cc3)cn12. The first kappa shape index (κ1) is 19.4. The third kappa shape index (κ3) is 4.72. The van der Waals surface area contributed by atoms with Crippen LogP contribution in [0.1, 0.15) is 29.8 Å². The Labute approximate surface area is 169 Å². The lowest BCUT2D eigenvalue weighted by molar-refractivity contribution is -0.116. The molecule has 1 aliphatic rings. The van der Waals surface area contributed by atoms with E-state index in [4.69, 9.17) is 0 Å². The van der Waals surface area contributed by atoms with E-state index in [-0.39, 0.29) is 16.8 Å². The number of hydrogen-bond acceptors (Lipinski definition) is 4. The number of nitrogens with zero attached hydrogens (tertiary/aromatic N) is 2. The number of aromatic nitrogens is 2. The standard InChI is InChI=1S/C21H22N4O3S/c1-15-3-2-4-20-23-18(14-25(15)20)13-22-21(26)12-7-16-5-10-19(11-6-16)29(27,28)24-17-8-9-17/h2-7,10-12,14,17,24H,8-9,13H2,1H3,(H,22,26)/b12-7+. The van der Waals surface area contributed by atoms with Crippen molar-refractivity contribution in [2.75, 3.05) is 0 Å². The number of aryl methyl sites for hydroxylation is 1. The molecular formula is C21H22N4O3S. The maximum atomic E-state index is 12.2. The lowest BCUT2D eigenvalue weighted by Crippen LogP contribution is -2.25. The molecule has 1 fully saturated rings. The van der Waals surface area contributed by atoms with Crippen LogP contribution in [0.2, 0.25) is 0 Å². The highest BCUT2D eigenvalue weighted by Crippen LogP contribution is 2.22. The predicted octanol–water partition coefficient (Wildman–Crippen LogP) is 2.41. The monoisotopic (exact) mass is 410 g/mol. The molecule has 8 heteroatoms. The molecule has 0 aliphatic heterocycles. The molecule has 150 valence electrons. The van der Waals surface area contributed by atoms with Gasteiger partial charge in [0.05, 0.1) is 17.1 Å². The summed E-state index contributed by atoms with van der Waals surface area (Å²) in [4.78, 5) is 16.8. The van der Waals surface area contributed by atoms with Crippen molar-refractivity contribution in [1.82, 2.24) is 19.4 Å². The number of pyridine rings is 1. The maximum Gasteiger partial charge on any atom is 0.244 e. The lowest BCUT2D eigenvalue weighted by Gasteiger charge is -2.05. The number of imidazole rings is 1. The van der Waals surface area contributed by atoms with E-state index in [0.29, 0.717) is 6.54 Å². The molecule has 4 rings (SSSR count). The minimum Gasteiger partial charge on any atom is -0.347 e. The fourth-order valence-electron chi connectivity index (χ4n) is 2.94. The number of sulfonamides is 1. The first-order valence-corrected chi connectivity index (χ1v) is 10.9. The van der Waals surface area contributed by atoms with Gasteiger partial charge in [-0.05, 0) is 55.7 Å². The third-order valence-electron chi connectivity index (χ3n) is 4.71. The molecule has 0 saturated heterocycles. The zero-order chi connectivity index (χ0) is 20.4. The zero-order valence-electron chi connectivity index (χ0n) is 16.0. The molecule has 3 aromatic rings. The van der Waals surface area contributed by atoms with Gasteiger partial charge in [0.15, 0.2) is 0 Å². The number of rotatable bonds is 7. The van der Waals surface area contributed by atoms with Crippen LogP contribution in [0.4, 0.5) is 0 Å². The molecule has 0 radical (unpaired) electrons. The Bertz CT molecular complexity index is 1180. The van der Waals surface area contributed by atoms with Crippen LogP contribution in [-0.4, -0.2) is 29.8 Å². The number of benzene rings is 1. The second kappa shape index (κ2) is 7.81. The summed E-state index contributed by atoms with van der Waals surface area (Å²) in [7, 11) is -3.46. The van der Waals surface area contributed by atoms with Crippen LogP contribution >= 0.6 is 0 Å². The van der Waals surface area contributed by atoms with E-state index in [1.54, 1.807) is 30.3 Å². The van der Waals surface area contributed by atoms with Crippen LogP contribution in [0.5, 0.6) is 0 Å². The van der Waals surface area contributed by atoms with E-state index < -0.39 is 10.0 Å². The van der Waals surface area contributed by atoms with Gasteiger partial charge in [0.2, 0.25) is 15.9 Å². The fourth-order valence-corrected chi connectivity index (χ4v) is 4.24. The van der Waals surface area contributed by atoms with Gasteiger partial charge in [0.25, 0.3) is 0 Å². The molecule has 1 saturated carbocycles. The second-order valence-corrected chi connectivity index (χ2v) is 8.86. The van der Waals surface area contributed by atoms with Crippen molar-refractivity contribution in [3.8, 4) is 0 Å². The second-order valence-electron chi connectivity index (χ2n) is 7.14. The molecule has 1 aliphatic carbocycles. The molecule has 0 unspecified atom stereocenters. The highest BCUT2D eigenvalue weighted by atomic mass is 32.2. The van der Waals surface area contributed by atoms with Crippen LogP contribution in [0.25, 0.3) is 11.7 Å². The van der Waals surface area contributed by atoms with E-state index in [1.165, 1.54) is 6.08 Å². The summed E-state index contributed by atoms with van der Waals surface area (Å²) in [6.45, 7) is 2.33. The summed E-state index contributed by atoms with van der Waals surface area (Å²) in [6, 6.07) is 12.4. The van der Waals surface area contributed by atoms with Gasteiger partial charge in [-0.15, -0.1) is 0 Å². The summed E-state index contributed by atoms with van der Waals surface area (Å²) < 4.78 is 29.0. The van der Waals surface area contributed by atoms with E-state index in [1.807, 2.05) is 35.7 Å². The number of amides is 1. The summed E-state index contributed by atoms with van der Waals surface area (Å²) in [5, 5.41) is 2.81. The minimum absolute atomic E-state index is 0.0695. The summed E-state index contributed by atoms with van der Waals surface area (Å²) in [6.07, 6.45) is 6.76. The van der Waals surface area contributed by atoms with Crippen molar-refractivity contribution in [2.24, 2.45) is 0 Å². The molecule has 0 atom stereocenters. The largest absolute Gasteiger partial charge is 0.347 e. The molecule has 2 aromatic heterocycles. The van der Waals surface area contributed by atoms with Crippen LogP contribution in [0.15, 0.2) is 59.6 Å². The van der Waals surface area contributed by atoms with Gasteiger partial charge in [0, 0.05) is 24.0 Å². The molecule has 0 bridgehead atoms. The van der Waals surface area contributed by atoms with E-state index in [9.17, 15) is 13.2 Å². The zero-order valence-corrected chi connectivity index (χ0v) is 16.8. The average Bonchev–Trinajstić information content (AvgIpc) is 3.39. The van der Waals surface area contributed by atoms with Gasteiger partial charge in [-0.25, -0.2) is 18.1 Å². The number of nitrogens with one attached hydrogen (secondary N) is 2. The Morgan fingerprint density at radius 3 is 2.66 bits per heavy atom. The Hall–Kier alpha value is -2.97. The van der Waals surface area contributed by atoms with Crippen molar-refractivity contribution in [3.63, 3.8) is 0 Å². The van der Waals surface area contributed by atoms with Gasteiger partial charge in [-0.2, -0.15) is 0 Å². The van der Waals surface area contributed by atoms with Crippen molar-refractivity contribution in [3.05, 3.63) is 71.7 Å². The molecule has 1 aromatic carbocycles. The number of carbonyl (C=O) groups is 1. The van der Waals surface area contributed by atoms with Crippen LogP contribution in [0.3, 0.4) is 0 Å². The summed E-state index contributed by atoms with van der Waals surface area (Å²) in [5.74, 6) is -0.245. The molecule has 0 spiro atoms. The highest BCUT2D eigenvalue weighted by Gasteiger charge is 2.27. The molecule has 1 amide bonds. The summed E-state index contributed by atoms with van der Waals surface area (Å²) >= 11 is 0. The minimum atomic E-state index is -3.46. The normalized spacial score (nSPS) is 14.5. The topological polar surface area (TPSA) is 92.6 Å². The van der Waals surface area contributed by atoms with Crippen molar-refractivity contribution >= 4 is 27.7 Å². The van der Waals surface area contributed by atoms with Crippen molar-refractivity contribution in [1.29, 1.82) is 0 Å². The summed E-state index contributed by atoms with van der Waals surface area (Å²) in [5.41, 5.74) is 3.44. The Morgan fingerprint density at radius 1 is 1.21 bits per heavy atom. The fraction of sp³-hybridized carbons (Fsp3) is 0.238.